The summed E-state index contributed by atoms with van der Waals surface area (Å²) in [4.78, 5) is 22.0. The summed E-state index contributed by atoms with van der Waals surface area (Å²) in [5, 5.41) is -5.19. The molecule has 0 aliphatic carbocycles. The molecule has 0 saturated carbocycles. The number of hydrogen-bond acceptors (Lipinski definition) is 6. The Morgan fingerprint density at radius 1 is 1.38 bits per heavy atom. The van der Waals surface area contributed by atoms with Gasteiger partial charge in [0.1, 0.15) is 13.2 Å². The summed E-state index contributed by atoms with van der Waals surface area (Å²) in [5.74, 6) is -1.15. The Balaban J connectivity index is 2.57. The van der Waals surface area contributed by atoms with Gasteiger partial charge in [-0.2, -0.15) is 8.78 Å². The summed E-state index contributed by atoms with van der Waals surface area (Å²) in [7, 11) is -6.20. The highest BCUT2D eigenvalue weighted by Gasteiger charge is 2.48. The molecule has 1 aromatic rings. The number of pyridine rings is 1. The van der Waals surface area contributed by atoms with E-state index in [4.69, 9.17) is 0 Å². The van der Waals surface area contributed by atoms with Crippen molar-refractivity contribution in [2.24, 2.45) is 0 Å². The van der Waals surface area contributed by atoms with E-state index >= 15 is 0 Å². The number of aromatic nitrogens is 1. The molecular formula is C10H9F3NO6S-. The number of ether oxygens (including phenoxy) is 1. The molecule has 0 aliphatic rings. The third-order valence-electron chi connectivity index (χ3n) is 2.26. The van der Waals surface area contributed by atoms with Crippen LogP contribution in [0.15, 0.2) is 29.3 Å². The van der Waals surface area contributed by atoms with Gasteiger partial charge in [-0.1, -0.05) is 0 Å². The van der Waals surface area contributed by atoms with Crippen molar-refractivity contribution in [3.63, 3.8) is 0 Å². The highest BCUT2D eigenvalue weighted by atomic mass is 32.2. The van der Waals surface area contributed by atoms with E-state index in [1.165, 1.54) is 12.4 Å². The molecule has 0 aromatic carbocycles. The van der Waals surface area contributed by atoms with Gasteiger partial charge in [0.25, 0.3) is 0 Å². The van der Waals surface area contributed by atoms with E-state index in [2.05, 4.69) is 4.74 Å². The molecule has 0 radical (unpaired) electrons. The molecule has 0 aliphatic heterocycles. The lowest BCUT2D eigenvalue weighted by Crippen LogP contribution is -2.41. The Morgan fingerprint density at radius 3 is 2.38 bits per heavy atom. The van der Waals surface area contributed by atoms with Gasteiger partial charge in [-0.05, 0) is 0 Å². The maximum atomic E-state index is 13.0. The highest BCUT2D eigenvalue weighted by Crippen LogP contribution is 2.27. The average molecular weight is 328 g/mol. The smallest absolute Gasteiger partial charge is 0.368 e. The minimum atomic E-state index is -6.20. The van der Waals surface area contributed by atoms with Crippen LogP contribution in [-0.2, 0) is 26.2 Å². The standard InChI is InChI=1S/C10H10F3NO6S/c11-8(10(12,13)21(17,18)19)6-20-9(16)5-14-3-1-7(15)2-4-14/h1-4,8H,5-6H2,(H,17,18,19)/p-1. The number of carbonyl (C=O) groups is 1. The fourth-order valence-electron chi connectivity index (χ4n) is 1.16. The minimum absolute atomic E-state index is 0.330. The number of carbonyl (C=O) groups excluding carboxylic acids is 1. The number of alkyl halides is 3. The predicted molar refractivity (Wildman–Crippen MR) is 61.2 cm³/mol. The van der Waals surface area contributed by atoms with Crippen molar-refractivity contribution in [3.8, 4) is 0 Å². The SMILES string of the molecule is O=C(Cn1ccc(=O)cc1)OCC(F)C(F)(F)S(=O)(=O)[O-]. The first-order chi connectivity index (χ1) is 9.54. The van der Waals surface area contributed by atoms with Crippen LogP contribution in [0.25, 0.3) is 0 Å². The lowest BCUT2D eigenvalue weighted by Gasteiger charge is -2.23. The van der Waals surface area contributed by atoms with Crippen molar-refractivity contribution in [3.05, 3.63) is 34.7 Å². The Bertz CT molecular complexity index is 651. The molecule has 1 rings (SSSR count). The molecule has 0 bridgehead atoms. The van der Waals surface area contributed by atoms with Gasteiger partial charge < -0.3 is 13.9 Å². The van der Waals surface area contributed by atoms with Gasteiger partial charge in [-0.25, -0.2) is 12.8 Å². The van der Waals surface area contributed by atoms with E-state index in [0.717, 1.165) is 16.7 Å². The summed E-state index contributed by atoms with van der Waals surface area (Å²) in [6.45, 7) is -2.10. The molecule has 0 saturated heterocycles. The second-order valence-electron chi connectivity index (χ2n) is 3.87. The Labute approximate surface area is 116 Å². The van der Waals surface area contributed by atoms with Gasteiger partial charge in [-0.3, -0.25) is 9.59 Å². The number of esters is 1. The van der Waals surface area contributed by atoms with Crippen LogP contribution < -0.4 is 5.43 Å². The van der Waals surface area contributed by atoms with Crippen molar-refractivity contribution in [2.75, 3.05) is 6.61 Å². The third-order valence-corrected chi connectivity index (χ3v) is 3.18. The van der Waals surface area contributed by atoms with Crippen LogP contribution in [0.1, 0.15) is 0 Å². The van der Waals surface area contributed by atoms with Crippen LogP contribution in [0, 0.1) is 0 Å². The lowest BCUT2D eigenvalue weighted by molar-refractivity contribution is -0.149. The Kier molecular flexibility index (Phi) is 5.12. The molecule has 0 spiro atoms. The fourth-order valence-corrected chi connectivity index (χ4v) is 1.54. The first-order valence-corrected chi connectivity index (χ1v) is 6.74. The lowest BCUT2D eigenvalue weighted by atomic mass is 10.4. The van der Waals surface area contributed by atoms with Crippen molar-refractivity contribution in [1.82, 2.24) is 4.57 Å². The van der Waals surface area contributed by atoms with Gasteiger partial charge in [0.2, 0.25) is 6.17 Å². The number of rotatable bonds is 6. The van der Waals surface area contributed by atoms with E-state index in [0.29, 0.717) is 0 Å². The van der Waals surface area contributed by atoms with Gasteiger partial charge in [0.15, 0.2) is 15.5 Å². The maximum Gasteiger partial charge on any atom is 0.368 e. The van der Waals surface area contributed by atoms with Crippen molar-refractivity contribution in [2.45, 2.75) is 18.0 Å². The number of halogens is 3. The van der Waals surface area contributed by atoms with Crippen molar-refractivity contribution < 1.29 is 35.7 Å². The van der Waals surface area contributed by atoms with E-state index in [9.17, 15) is 35.7 Å². The molecule has 11 heteroatoms. The van der Waals surface area contributed by atoms with Crippen molar-refractivity contribution in [1.29, 1.82) is 0 Å². The fraction of sp³-hybridized carbons (Fsp3) is 0.400. The van der Waals surface area contributed by atoms with Crippen LogP contribution in [0.3, 0.4) is 0 Å². The summed E-state index contributed by atoms with van der Waals surface area (Å²) in [6.07, 6.45) is -1.07. The number of nitrogens with zero attached hydrogens (tertiary/aromatic N) is 1. The molecule has 0 amide bonds. The predicted octanol–water partition coefficient (Wildman–Crippen LogP) is -0.132. The molecular weight excluding hydrogens is 319 g/mol. The number of hydrogen-bond donors (Lipinski definition) is 0. The molecule has 1 aromatic heterocycles. The molecule has 1 unspecified atom stereocenters. The average Bonchev–Trinajstić information content (AvgIpc) is 2.37. The molecule has 0 N–H and O–H groups in total. The van der Waals surface area contributed by atoms with Crippen molar-refractivity contribution >= 4 is 16.1 Å². The molecule has 21 heavy (non-hydrogen) atoms. The molecule has 7 nitrogen and oxygen atoms in total. The largest absolute Gasteiger partial charge is 0.743 e. The van der Waals surface area contributed by atoms with Gasteiger partial charge in [0, 0.05) is 24.5 Å². The van der Waals surface area contributed by atoms with Crippen LogP contribution in [0.5, 0.6) is 0 Å². The first-order valence-electron chi connectivity index (χ1n) is 5.33. The Morgan fingerprint density at radius 2 is 1.90 bits per heavy atom. The highest BCUT2D eigenvalue weighted by molar-refractivity contribution is 7.86. The van der Waals surface area contributed by atoms with Crippen LogP contribution in [0.4, 0.5) is 13.2 Å². The summed E-state index contributed by atoms with van der Waals surface area (Å²) >= 11 is 0. The van der Waals surface area contributed by atoms with Gasteiger partial charge >= 0.3 is 11.2 Å². The zero-order chi connectivity index (χ0) is 16.3. The second kappa shape index (κ2) is 6.26. The topological polar surface area (TPSA) is 106 Å². The quantitative estimate of drug-likeness (QED) is 0.532. The summed E-state index contributed by atoms with van der Waals surface area (Å²) in [6, 6.07) is 2.23. The van der Waals surface area contributed by atoms with Gasteiger partial charge in [-0.15, -0.1) is 0 Å². The minimum Gasteiger partial charge on any atom is -0.743 e. The molecule has 1 atom stereocenters. The normalized spacial score (nSPS) is 13.7. The summed E-state index contributed by atoms with van der Waals surface area (Å²) in [5.41, 5.74) is -0.330. The van der Waals surface area contributed by atoms with Crippen LogP contribution in [0.2, 0.25) is 0 Å². The molecule has 1 heterocycles. The second-order valence-corrected chi connectivity index (χ2v) is 5.33. The van der Waals surface area contributed by atoms with E-state index < -0.39 is 40.7 Å². The third kappa shape index (κ3) is 4.56. The van der Waals surface area contributed by atoms with E-state index in [1.807, 2.05) is 0 Å². The Hall–Kier alpha value is -1.88. The van der Waals surface area contributed by atoms with Crippen LogP contribution >= 0.6 is 0 Å². The zero-order valence-electron chi connectivity index (χ0n) is 10.2. The van der Waals surface area contributed by atoms with E-state index in [-0.39, 0.29) is 5.43 Å². The summed E-state index contributed by atoms with van der Waals surface area (Å²) < 4.78 is 74.2. The zero-order valence-corrected chi connectivity index (χ0v) is 11.1. The van der Waals surface area contributed by atoms with Crippen LogP contribution in [-0.4, -0.2) is 41.5 Å². The monoisotopic (exact) mass is 328 g/mol. The molecule has 0 fully saturated rings. The van der Waals surface area contributed by atoms with E-state index in [1.54, 1.807) is 0 Å². The van der Waals surface area contributed by atoms with Gasteiger partial charge in [0.05, 0.1) is 0 Å². The maximum absolute atomic E-state index is 13.0. The first kappa shape index (κ1) is 17.2. The molecule has 118 valence electrons.